The van der Waals surface area contributed by atoms with Gasteiger partial charge in [0, 0.05) is 19.1 Å². The first-order valence-electron chi connectivity index (χ1n) is 5.19. The lowest BCUT2D eigenvalue weighted by atomic mass is 10.1. The molecule has 2 N–H and O–H groups in total. The third-order valence-electron chi connectivity index (χ3n) is 2.69. The molecular weight excluding hydrogens is 164 g/mol. The van der Waals surface area contributed by atoms with Gasteiger partial charge in [0.2, 0.25) is 0 Å². The van der Waals surface area contributed by atoms with Crippen molar-refractivity contribution in [2.24, 2.45) is 11.7 Å². The fourth-order valence-corrected chi connectivity index (χ4v) is 1.70. The lowest BCUT2D eigenvalue weighted by Crippen LogP contribution is -2.49. The van der Waals surface area contributed by atoms with Gasteiger partial charge in [-0.25, -0.2) is 0 Å². The van der Waals surface area contributed by atoms with Crippen LogP contribution in [0.2, 0.25) is 0 Å². The predicted molar refractivity (Wildman–Crippen MR) is 54.7 cm³/mol. The van der Waals surface area contributed by atoms with Crippen LogP contribution in [0, 0.1) is 5.92 Å². The van der Waals surface area contributed by atoms with Crippen molar-refractivity contribution in [2.75, 3.05) is 26.2 Å². The van der Waals surface area contributed by atoms with Crippen molar-refractivity contribution in [3.8, 4) is 0 Å². The standard InChI is InChI=1S/C10H22N2O/c1-8(4-11)5-12-6-10(3)13-7-9(12)2/h8-10H,4-7,11H2,1-3H3. The van der Waals surface area contributed by atoms with Gasteiger partial charge in [-0.2, -0.15) is 0 Å². The number of ether oxygens (including phenoxy) is 1. The maximum Gasteiger partial charge on any atom is 0.0674 e. The van der Waals surface area contributed by atoms with Crippen molar-refractivity contribution in [1.29, 1.82) is 0 Å². The summed E-state index contributed by atoms with van der Waals surface area (Å²) >= 11 is 0. The number of nitrogens with zero attached hydrogens (tertiary/aromatic N) is 1. The van der Waals surface area contributed by atoms with Crippen LogP contribution in [0.3, 0.4) is 0 Å². The molecule has 0 bridgehead atoms. The highest BCUT2D eigenvalue weighted by atomic mass is 16.5. The lowest BCUT2D eigenvalue weighted by molar-refractivity contribution is -0.0531. The Labute approximate surface area is 81.2 Å². The second-order valence-electron chi connectivity index (χ2n) is 4.29. The molecule has 1 aliphatic rings. The molecule has 1 rings (SSSR count). The number of hydrogen-bond acceptors (Lipinski definition) is 3. The van der Waals surface area contributed by atoms with Crippen molar-refractivity contribution in [3.63, 3.8) is 0 Å². The van der Waals surface area contributed by atoms with Crippen LogP contribution in [0.25, 0.3) is 0 Å². The molecule has 3 heteroatoms. The molecule has 0 aromatic carbocycles. The van der Waals surface area contributed by atoms with Gasteiger partial charge in [0.25, 0.3) is 0 Å². The number of rotatable bonds is 3. The van der Waals surface area contributed by atoms with Crippen LogP contribution in [-0.2, 0) is 4.74 Å². The minimum atomic E-state index is 0.376. The molecule has 1 heterocycles. The van der Waals surface area contributed by atoms with E-state index in [-0.39, 0.29) is 0 Å². The highest BCUT2D eigenvalue weighted by molar-refractivity contribution is 4.76. The van der Waals surface area contributed by atoms with Gasteiger partial charge in [-0.1, -0.05) is 6.92 Å². The van der Waals surface area contributed by atoms with Crippen LogP contribution in [0.1, 0.15) is 20.8 Å². The monoisotopic (exact) mass is 186 g/mol. The normalized spacial score (nSPS) is 33.2. The van der Waals surface area contributed by atoms with Crippen molar-refractivity contribution >= 4 is 0 Å². The van der Waals surface area contributed by atoms with Crippen LogP contribution in [0.15, 0.2) is 0 Å². The molecule has 3 atom stereocenters. The predicted octanol–water partition coefficient (Wildman–Crippen LogP) is 0.690. The van der Waals surface area contributed by atoms with E-state index in [0.29, 0.717) is 18.1 Å². The summed E-state index contributed by atoms with van der Waals surface area (Å²) in [5, 5.41) is 0. The summed E-state index contributed by atoms with van der Waals surface area (Å²) in [6, 6.07) is 0.546. The Bertz CT molecular complexity index is 152. The first-order chi connectivity index (χ1) is 6.13. The average molecular weight is 186 g/mol. The van der Waals surface area contributed by atoms with Gasteiger partial charge in [0.15, 0.2) is 0 Å². The van der Waals surface area contributed by atoms with Crippen LogP contribution in [-0.4, -0.2) is 43.3 Å². The van der Waals surface area contributed by atoms with Crippen LogP contribution >= 0.6 is 0 Å². The molecule has 0 spiro atoms. The van der Waals surface area contributed by atoms with E-state index < -0.39 is 0 Å². The fourth-order valence-electron chi connectivity index (χ4n) is 1.70. The summed E-state index contributed by atoms with van der Waals surface area (Å²) in [6.07, 6.45) is 0.376. The van der Waals surface area contributed by atoms with Gasteiger partial charge in [0.1, 0.15) is 0 Å². The fraction of sp³-hybridized carbons (Fsp3) is 1.00. The topological polar surface area (TPSA) is 38.5 Å². The Morgan fingerprint density at radius 1 is 1.54 bits per heavy atom. The quantitative estimate of drug-likeness (QED) is 0.705. The molecule has 3 nitrogen and oxygen atoms in total. The minimum Gasteiger partial charge on any atom is -0.376 e. The van der Waals surface area contributed by atoms with Gasteiger partial charge in [-0.05, 0) is 26.3 Å². The maximum atomic E-state index is 5.61. The van der Waals surface area contributed by atoms with Crippen molar-refractivity contribution in [3.05, 3.63) is 0 Å². The van der Waals surface area contributed by atoms with E-state index in [1.807, 2.05) is 0 Å². The van der Waals surface area contributed by atoms with E-state index >= 15 is 0 Å². The van der Waals surface area contributed by atoms with Crippen molar-refractivity contribution in [2.45, 2.75) is 32.9 Å². The molecule has 0 amide bonds. The van der Waals surface area contributed by atoms with Gasteiger partial charge < -0.3 is 10.5 Å². The molecule has 78 valence electrons. The first kappa shape index (κ1) is 11.0. The Morgan fingerprint density at radius 3 is 2.85 bits per heavy atom. The molecule has 0 aromatic rings. The molecule has 3 unspecified atom stereocenters. The molecular formula is C10H22N2O. The molecule has 13 heavy (non-hydrogen) atoms. The number of hydrogen-bond donors (Lipinski definition) is 1. The van der Waals surface area contributed by atoms with E-state index in [1.54, 1.807) is 0 Å². The van der Waals surface area contributed by atoms with E-state index in [1.165, 1.54) is 0 Å². The summed E-state index contributed by atoms with van der Waals surface area (Å²) in [5.41, 5.74) is 5.61. The maximum absolute atomic E-state index is 5.61. The number of nitrogens with two attached hydrogens (primary N) is 1. The second-order valence-corrected chi connectivity index (χ2v) is 4.29. The van der Waals surface area contributed by atoms with Crippen LogP contribution in [0.5, 0.6) is 0 Å². The van der Waals surface area contributed by atoms with Crippen LogP contribution < -0.4 is 5.73 Å². The third-order valence-corrected chi connectivity index (χ3v) is 2.69. The Kier molecular flexibility index (Phi) is 4.16. The largest absolute Gasteiger partial charge is 0.376 e. The van der Waals surface area contributed by atoms with Gasteiger partial charge >= 0.3 is 0 Å². The summed E-state index contributed by atoms with van der Waals surface area (Å²) in [4.78, 5) is 2.48. The average Bonchev–Trinajstić information content (AvgIpc) is 2.11. The molecule has 0 radical (unpaired) electrons. The number of morpholine rings is 1. The summed E-state index contributed by atoms with van der Waals surface area (Å²) < 4.78 is 5.56. The summed E-state index contributed by atoms with van der Waals surface area (Å²) in [6.45, 7) is 10.3. The van der Waals surface area contributed by atoms with Gasteiger partial charge in [-0.3, -0.25) is 4.90 Å². The highest BCUT2D eigenvalue weighted by Gasteiger charge is 2.23. The van der Waals surface area contributed by atoms with Gasteiger partial charge in [-0.15, -0.1) is 0 Å². The van der Waals surface area contributed by atoms with Crippen molar-refractivity contribution in [1.82, 2.24) is 4.90 Å². The molecule has 0 aromatic heterocycles. The SMILES string of the molecule is CC(CN)CN1CC(C)OCC1C. The molecule has 0 aliphatic carbocycles. The van der Waals surface area contributed by atoms with E-state index in [2.05, 4.69) is 25.7 Å². The summed E-state index contributed by atoms with van der Waals surface area (Å²) in [7, 11) is 0. The Hall–Kier alpha value is -0.120. The highest BCUT2D eigenvalue weighted by Crippen LogP contribution is 2.12. The third kappa shape index (κ3) is 3.25. The molecule has 0 saturated carbocycles. The zero-order chi connectivity index (χ0) is 9.84. The molecule has 1 aliphatic heterocycles. The van der Waals surface area contributed by atoms with E-state index in [9.17, 15) is 0 Å². The lowest BCUT2D eigenvalue weighted by Gasteiger charge is -2.38. The first-order valence-corrected chi connectivity index (χ1v) is 5.19. The smallest absolute Gasteiger partial charge is 0.0674 e. The van der Waals surface area contributed by atoms with Crippen LogP contribution in [0.4, 0.5) is 0 Å². The second kappa shape index (κ2) is 4.94. The van der Waals surface area contributed by atoms with E-state index in [4.69, 9.17) is 10.5 Å². The van der Waals surface area contributed by atoms with Crippen molar-refractivity contribution < 1.29 is 4.74 Å². The summed E-state index contributed by atoms with van der Waals surface area (Å²) in [5.74, 6) is 0.591. The minimum absolute atomic E-state index is 0.376. The zero-order valence-corrected chi connectivity index (χ0v) is 8.99. The zero-order valence-electron chi connectivity index (χ0n) is 8.99. The Balaban J connectivity index is 2.37. The van der Waals surface area contributed by atoms with E-state index in [0.717, 1.165) is 26.2 Å². The van der Waals surface area contributed by atoms with Gasteiger partial charge in [0.05, 0.1) is 12.7 Å². The Morgan fingerprint density at radius 2 is 2.23 bits per heavy atom. The molecule has 1 fully saturated rings. The molecule has 1 saturated heterocycles.